The summed E-state index contributed by atoms with van der Waals surface area (Å²) in [5, 5.41) is 5.03. The molecule has 0 unspecified atom stereocenters. The number of rotatable bonds is 8. The summed E-state index contributed by atoms with van der Waals surface area (Å²) in [5.41, 5.74) is 3.93. The number of carbonyl (C=O) groups is 1. The number of likely N-dealkylation sites (N-methyl/N-ethyl adjacent to an activating group) is 1. The van der Waals surface area contributed by atoms with Gasteiger partial charge >= 0.3 is 0 Å². The molecule has 29 heavy (non-hydrogen) atoms. The van der Waals surface area contributed by atoms with Gasteiger partial charge in [0.25, 0.3) is 5.91 Å². The minimum atomic E-state index is -0.0409. The topological polar surface area (TPSA) is 54.3 Å². The third-order valence-corrected chi connectivity index (χ3v) is 6.39. The number of nitrogens with zero attached hydrogens (tertiary/aromatic N) is 5. The van der Waals surface area contributed by atoms with Gasteiger partial charge in [0.15, 0.2) is 5.13 Å². The van der Waals surface area contributed by atoms with Crippen molar-refractivity contribution in [1.29, 1.82) is 0 Å². The van der Waals surface area contributed by atoms with E-state index in [1.807, 2.05) is 11.8 Å². The van der Waals surface area contributed by atoms with Gasteiger partial charge in [0.2, 0.25) is 0 Å². The lowest BCUT2D eigenvalue weighted by atomic mass is 10.1. The van der Waals surface area contributed by atoms with E-state index in [1.54, 1.807) is 28.3 Å². The second kappa shape index (κ2) is 10.2. The molecule has 2 heterocycles. The minimum absolute atomic E-state index is 0. The molecule has 0 spiro atoms. The Morgan fingerprint density at radius 3 is 2.38 bits per heavy atom. The normalized spacial score (nSPS) is 11.1. The van der Waals surface area contributed by atoms with E-state index in [4.69, 9.17) is 4.98 Å². The van der Waals surface area contributed by atoms with Crippen molar-refractivity contribution in [2.45, 2.75) is 41.2 Å². The van der Waals surface area contributed by atoms with Crippen LogP contribution >= 0.6 is 23.7 Å². The van der Waals surface area contributed by atoms with Crippen LogP contribution in [-0.4, -0.2) is 51.8 Å². The lowest BCUT2D eigenvalue weighted by molar-refractivity contribution is 0.0973. The van der Waals surface area contributed by atoms with Crippen LogP contribution in [0, 0.1) is 13.8 Å². The number of aryl methyl sites for hydroxylation is 3. The molecule has 0 radical (unpaired) electrons. The number of anilines is 1. The van der Waals surface area contributed by atoms with Crippen LogP contribution in [0.5, 0.6) is 0 Å². The summed E-state index contributed by atoms with van der Waals surface area (Å²) in [5.74, 6) is -0.0409. The maximum Gasteiger partial charge on any atom is 0.278 e. The van der Waals surface area contributed by atoms with Crippen LogP contribution in [0.15, 0.2) is 24.4 Å². The number of thiazole rings is 1. The smallest absolute Gasteiger partial charge is 0.278 e. The Morgan fingerprint density at radius 1 is 1.07 bits per heavy atom. The van der Waals surface area contributed by atoms with E-state index in [2.05, 4.69) is 49.8 Å². The highest BCUT2D eigenvalue weighted by atomic mass is 35.5. The molecule has 1 aromatic carbocycles. The van der Waals surface area contributed by atoms with Gasteiger partial charge in [-0.05, 0) is 51.1 Å². The van der Waals surface area contributed by atoms with E-state index < -0.39 is 0 Å². The number of hydrogen-bond acceptors (Lipinski definition) is 5. The molecule has 0 aliphatic carbocycles. The van der Waals surface area contributed by atoms with E-state index in [9.17, 15) is 4.79 Å². The average molecular weight is 436 g/mol. The van der Waals surface area contributed by atoms with Crippen LogP contribution in [-0.2, 0) is 6.54 Å². The van der Waals surface area contributed by atoms with Crippen molar-refractivity contribution in [3.8, 4) is 0 Å². The van der Waals surface area contributed by atoms with Crippen molar-refractivity contribution < 1.29 is 4.79 Å². The molecule has 0 aliphatic rings. The van der Waals surface area contributed by atoms with Gasteiger partial charge in [-0.25, -0.2) is 4.98 Å². The van der Waals surface area contributed by atoms with Gasteiger partial charge in [0.05, 0.1) is 10.2 Å². The largest absolute Gasteiger partial charge is 0.302 e. The molecule has 0 saturated heterocycles. The highest BCUT2D eigenvalue weighted by Crippen LogP contribution is 2.33. The molecule has 0 bridgehead atoms. The average Bonchev–Trinajstić information content (AvgIpc) is 3.35. The summed E-state index contributed by atoms with van der Waals surface area (Å²) >= 11 is 1.60. The second-order valence-electron chi connectivity index (χ2n) is 6.89. The SMILES string of the molecule is CCN(CC)CCN(C(=O)c1ccnn1CC)c1nc2c(C)ccc(C)c2s1.Cl. The number of aromatic nitrogens is 3. The van der Waals surface area contributed by atoms with E-state index in [1.165, 1.54) is 5.56 Å². The number of hydrogen-bond donors (Lipinski definition) is 0. The molecule has 0 atom stereocenters. The van der Waals surface area contributed by atoms with Crippen LogP contribution in [0.1, 0.15) is 42.4 Å². The van der Waals surface area contributed by atoms with Gasteiger partial charge < -0.3 is 4.90 Å². The van der Waals surface area contributed by atoms with Gasteiger partial charge in [-0.1, -0.05) is 37.3 Å². The molecule has 1 amide bonds. The first kappa shape index (κ1) is 23.3. The zero-order valence-electron chi connectivity index (χ0n) is 17.8. The van der Waals surface area contributed by atoms with Gasteiger partial charge in [-0.3, -0.25) is 14.4 Å². The molecule has 0 fully saturated rings. The summed E-state index contributed by atoms with van der Waals surface area (Å²) in [6, 6.07) is 6.00. The summed E-state index contributed by atoms with van der Waals surface area (Å²) < 4.78 is 2.90. The fourth-order valence-corrected chi connectivity index (χ4v) is 4.47. The number of benzene rings is 1. The molecule has 0 aliphatic heterocycles. The first-order valence-corrected chi connectivity index (χ1v) is 10.7. The van der Waals surface area contributed by atoms with Gasteiger partial charge in [-0.2, -0.15) is 5.10 Å². The molecule has 2 aromatic heterocycles. The quantitative estimate of drug-likeness (QED) is 0.521. The van der Waals surface area contributed by atoms with Gasteiger partial charge in [0.1, 0.15) is 5.69 Å². The van der Waals surface area contributed by atoms with Gasteiger partial charge in [-0.15, -0.1) is 12.4 Å². The minimum Gasteiger partial charge on any atom is -0.302 e. The Morgan fingerprint density at radius 2 is 1.76 bits per heavy atom. The number of fused-ring (bicyclic) bond motifs is 1. The van der Waals surface area contributed by atoms with E-state index in [0.29, 0.717) is 18.8 Å². The second-order valence-corrected chi connectivity index (χ2v) is 7.87. The zero-order valence-corrected chi connectivity index (χ0v) is 19.4. The lowest BCUT2D eigenvalue weighted by Crippen LogP contribution is -2.39. The molecule has 3 aromatic rings. The van der Waals surface area contributed by atoms with E-state index >= 15 is 0 Å². The fourth-order valence-electron chi connectivity index (χ4n) is 3.33. The Kier molecular flexibility index (Phi) is 8.19. The van der Waals surface area contributed by atoms with Crippen molar-refractivity contribution in [2.75, 3.05) is 31.1 Å². The fraction of sp³-hybridized carbons (Fsp3) is 0.476. The monoisotopic (exact) mass is 435 g/mol. The van der Waals surface area contributed by atoms with Crippen LogP contribution < -0.4 is 4.90 Å². The number of carbonyl (C=O) groups excluding carboxylic acids is 1. The van der Waals surface area contributed by atoms with Crippen molar-refractivity contribution in [3.63, 3.8) is 0 Å². The summed E-state index contributed by atoms with van der Waals surface area (Å²) in [6.07, 6.45) is 1.69. The Labute approximate surface area is 182 Å². The maximum absolute atomic E-state index is 13.4. The Balaban J connectivity index is 0.00000300. The molecule has 8 heteroatoms. The maximum atomic E-state index is 13.4. The first-order valence-electron chi connectivity index (χ1n) is 9.92. The Hall–Kier alpha value is -1.96. The van der Waals surface area contributed by atoms with E-state index in [-0.39, 0.29) is 18.3 Å². The van der Waals surface area contributed by atoms with Crippen molar-refractivity contribution >= 4 is 45.0 Å². The van der Waals surface area contributed by atoms with Crippen molar-refractivity contribution in [2.24, 2.45) is 0 Å². The van der Waals surface area contributed by atoms with Crippen LogP contribution in [0.3, 0.4) is 0 Å². The van der Waals surface area contributed by atoms with Crippen molar-refractivity contribution in [1.82, 2.24) is 19.7 Å². The lowest BCUT2D eigenvalue weighted by Gasteiger charge is -2.24. The predicted octanol–water partition coefficient (Wildman–Crippen LogP) is 4.54. The van der Waals surface area contributed by atoms with Crippen LogP contribution in [0.4, 0.5) is 5.13 Å². The molecule has 0 N–H and O–H groups in total. The highest BCUT2D eigenvalue weighted by Gasteiger charge is 2.25. The molecule has 158 valence electrons. The molecular formula is C21H30ClN5OS. The Bertz CT molecular complexity index is 924. The van der Waals surface area contributed by atoms with Gasteiger partial charge in [0, 0.05) is 25.8 Å². The summed E-state index contributed by atoms with van der Waals surface area (Å²) in [7, 11) is 0. The molecular weight excluding hydrogens is 406 g/mol. The summed E-state index contributed by atoms with van der Waals surface area (Å²) in [6.45, 7) is 14.5. The molecule has 3 rings (SSSR count). The standard InChI is InChI=1S/C21H29N5OS.ClH/c1-6-24(7-2)13-14-25(20(27)17-11-12-22-26(17)8-3)21-23-18-15(4)9-10-16(5)19(18)28-21;/h9-12H,6-8,13-14H2,1-5H3;1H. The predicted molar refractivity (Wildman–Crippen MR) is 124 cm³/mol. The highest BCUT2D eigenvalue weighted by molar-refractivity contribution is 7.22. The third-order valence-electron chi connectivity index (χ3n) is 5.18. The third kappa shape index (κ3) is 4.79. The summed E-state index contributed by atoms with van der Waals surface area (Å²) in [4.78, 5) is 22.4. The van der Waals surface area contributed by atoms with Crippen LogP contribution in [0.25, 0.3) is 10.2 Å². The van der Waals surface area contributed by atoms with Crippen molar-refractivity contribution in [3.05, 3.63) is 41.2 Å². The van der Waals surface area contributed by atoms with Crippen LogP contribution in [0.2, 0.25) is 0 Å². The van der Waals surface area contributed by atoms with E-state index in [0.717, 1.165) is 40.5 Å². The first-order chi connectivity index (χ1) is 13.5. The molecule has 6 nitrogen and oxygen atoms in total. The zero-order chi connectivity index (χ0) is 20.3. The number of halogens is 1. The number of amides is 1. The molecule has 0 saturated carbocycles.